The summed E-state index contributed by atoms with van der Waals surface area (Å²) >= 11 is 0. The van der Waals surface area contributed by atoms with E-state index in [1.807, 2.05) is 6.92 Å². The Bertz CT molecular complexity index is 145. The third kappa shape index (κ3) is 1.36. The third-order valence-electron chi connectivity index (χ3n) is 2.04. The molecule has 3 heteroatoms. The van der Waals surface area contributed by atoms with Crippen LogP contribution in [0.5, 0.6) is 0 Å². The van der Waals surface area contributed by atoms with Crippen LogP contribution in [0.3, 0.4) is 0 Å². The SMILES string of the molecule is CC1=NCCC(O)C1CN. The maximum Gasteiger partial charge on any atom is 0.0650 e. The second kappa shape index (κ2) is 3.12. The van der Waals surface area contributed by atoms with Crippen molar-refractivity contribution in [1.82, 2.24) is 0 Å². The van der Waals surface area contributed by atoms with Crippen LogP contribution in [0.25, 0.3) is 0 Å². The zero-order valence-electron chi connectivity index (χ0n) is 6.25. The Hall–Kier alpha value is -0.410. The Balaban J connectivity index is 2.63. The van der Waals surface area contributed by atoms with Gasteiger partial charge in [0.25, 0.3) is 0 Å². The normalized spacial score (nSPS) is 33.7. The average molecular weight is 142 g/mol. The first-order valence-electron chi connectivity index (χ1n) is 3.64. The van der Waals surface area contributed by atoms with Crippen molar-refractivity contribution in [2.45, 2.75) is 19.4 Å². The first-order valence-corrected chi connectivity index (χ1v) is 3.64. The molecule has 3 N–H and O–H groups in total. The fourth-order valence-corrected chi connectivity index (χ4v) is 1.30. The lowest BCUT2D eigenvalue weighted by Crippen LogP contribution is -2.36. The van der Waals surface area contributed by atoms with E-state index in [1.165, 1.54) is 0 Å². The van der Waals surface area contributed by atoms with Crippen LogP contribution in [-0.4, -0.2) is 30.0 Å². The van der Waals surface area contributed by atoms with E-state index in [9.17, 15) is 5.11 Å². The van der Waals surface area contributed by atoms with Gasteiger partial charge in [-0.2, -0.15) is 0 Å². The minimum Gasteiger partial charge on any atom is -0.392 e. The summed E-state index contributed by atoms with van der Waals surface area (Å²) in [5, 5.41) is 9.38. The molecule has 0 fully saturated rings. The molecular weight excluding hydrogens is 128 g/mol. The van der Waals surface area contributed by atoms with Crippen LogP contribution in [-0.2, 0) is 0 Å². The summed E-state index contributed by atoms with van der Waals surface area (Å²) in [5.41, 5.74) is 6.44. The quantitative estimate of drug-likeness (QED) is 0.532. The van der Waals surface area contributed by atoms with Crippen molar-refractivity contribution in [2.24, 2.45) is 16.6 Å². The predicted molar refractivity (Wildman–Crippen MR) is 41.1 cm³/mol. The Morgan fingerprint density at radius 3 is 2.90 bits per heavy atom. The summed E-state index contributed by atoms with van der Waals surface area (Å²) in [7, 11) is 0. The van der Waals surface area contributed by atoms with Crippen molar-refractivity contribution in [3.8, 4) is 0 Å². The first kappa shape index (κ1) is 7.69. The van der Waals surface area contributed by atoms with Gasteiger partial charge in [-0.25, -0.2) is 0 Å². The van der Waals surface area contributed by atoms with E-state index < -0.39 is 0 Å². The van der Waals surface area contributed by atoms with Gasteiger partial charge in [0.05, 0.1) is 6.10 Å². The molecule has 1 heterocycles. The highest BCUT2D eigenvalue weighted by atomic mass is 16.3. The van der Waals surface area contributed by atoms with Crippen LogP contribution in [0.1, 0.15) is 13.3 Å². The third-order valence-corrected chi connectivity index (χ3v) is 2.04. The van der Waals surface area contributed by atoms with Gasteiger partial charge in [-0.1, -0.05) is 0 Å². The molecule has 0 saturated heterocycles. The zero-order chi connectivity index (χ0) is 7.56. The van der Waals surface area contributed by atoms with E-state index in [0.29, 0.717) is 6.54 Å². The van der Waals surface area contributed by atoms with Gasteiger partial charge in [-0.15, -0.1) is 0 Å². The number of aliphatic hydroxyl groups excluding tert-OH is 1. The second-order valence-corrected chi connectivity index (χ2v) is 2.72. The predicted octanol–water partition coefficient (Wildman–Crippen LogP) is -0.213. The number of hydrogen-bond acceptors (Lipinski definition) is 3. The van der Waals surface area contributed by atoms with E-state index in [-0.39, 0.29) is 12.0 Å². The largest absolute Gasteiger partial charge is 0.392 e. The Kier molecular flexibility index (Phi) is 2.40. The molecule has 2 atom stereocenters. The highest BCUT2D eigenvalue weighted by Crippen LogP contribution is 2.13. The molecule has 0 aromatic heterocycles. The molecule has 58 valence electrons. The fraction of sp³-hybridized carbons (Fsp3) is 0.857. The van der Waals surface area contributed by atoms with Gasteiger partial charge >= 0.3 is 0 Å². The Labute approximate surface area is 61.0 Å². The van der Waals surface area contributed by atoms with E-state index in [1.54, 1.807) is 0 Å². The van der Waals surface area contributed by atoms with Crippen LogP contribution >= 0.6 is 0 Å². The van der Waals surface area contributed by atoms with Crippen molar-refractivity contribution < 1.29 is 5.11 Å². The highest BCUT2D eigenvalue weighted by molar-refractivity contribution is 5.85. The molecule has 10 heavy (non-hydrogen) atoms. The number of nitrogens with zero attached hydrogens (tertiary/aromatic N) is 1. The van der Waals surface area contributed by atoms with Gasteiger partial charge in [0, 0.05) is 24.7 Å². The number of aliphatic imine (C=N–C) groups is 1. The van der Waals surface area contributed by atoms with Crippen molar-refractivity contribution in [2.75, 3.05) is 13.1 Å². The topological polar surface area (TPSA) is 58.6 Å². The Morgan fingerprint density at radius 1 is 1.80 bits per heavy atom. The summed E-state index contributed by atoms with van der Waals surface area (Å²) in [6, 6.07) is 0. The van der Waals surface area contributed by atoms with E-state index >= 15 is 0 Å². The van der Waals surface area contributed by atoms with Crippen LogP contribution in [0.4, 0.5) is 0 Å². The lowest BCUT2D eigenvalue weighted by Gasteiger charge is -2.24. The highest BCUT2D eigenvalue weighted by Gasteiger charge is 2.22. The van der Waals surface area contributed by atoms with Crippen molar-refractivity contribution in [3.63, 3.8) is 0 Å². The number of hydrogen-bond donors (Lipinski definition) is 2. The molecule has 0 amide bonds. The number of nitrogens with two attached hydrogens (primary N) is 1. The van der Waals surface area contributed by atoms with Gasteiger partial charge in [0.1, 0.15) is 0 Å². The van der Waals surface area contributed by atoms with E-state index in [2.05, 4.69) is 4.99 Å². The lowest BCUT2D eigenvalue weighted by atomic mass is 9.93. The molecule has 0 bridgehead atoms. The van der Waals surface area contributed by atoms with Gasteiger partial charge in [-0.3, -0.25) is 4.99 Å². The molecule has 2 unspecified atom stereocenters. The summed E-state index contributed by atoms with van der Waals surface area (Å²) < 4.78 is 0. The van der Waals surface area contributed by atoms with Gasteiger partial charge in [0.15, 0.2) is 0 Å². The summed E-state index contributed by atoms with van der Waals surface area (Å²) in [6.45, 7) is 3.19. The van der Waals surface area contributed by atoms with Gasteiger partial charge in [-0.05, 0) is 13.3 Å². The molecule has 0 saturated carbocycles. The fourth-order valence-electron chi connectivity index (χ4n) is 1.30. The summed E-state index contributed by atoms with van der Waals surface area (Å²) in [6.07, 6.45) is 0.502. The molecule has 1 aliphatic rings. The second-order valence-electron chi connectivity index (χ2n) is 2.72. The minimum absolute atomic E-state index is 0.105. The maximum atomic E-state index is 9.38. The van der Waals surface area contributed by atoms with Crippen molar-refractivity contribution in [1.29, 1.82) is 0 Å². The maximum absolute atomic E-state index is 9.38. The molecule has 1 aliphatic heterocycles. The van der Waals surface area contributed by atoms with Gasteiger partial charge < -0.3 is 10.8 Å². The van der Waals surface area contributed by atoms with Crippen LogP contribution in [0.2, 0.25) is 0 Å². The lowest BCUT2D eigenvalue weighted by molar-refractivity contribution is 0.128. The van der Waals surface area contributed by atoms with Crippen LogP contribution in [0.15, 0.2) is 4.99 Å². The molecule has 3 nitrogen and oxygen atoms in total. The summed E-state index contributed by atoms with van der Waals surface area (Å²) in [5.74, 6) is 0.105. The monoisotopic (exact) mass is 142 g/mol. The molecule has 1 rings (SSSR count). The zero-order valence-corrected chi connectivity index (χ0v) is 6.25. The number of aliphatic hydroxyl groups is 1. The molecule has 0 radical (unpaired) electrons. The summed E-state index contributed by atoms with van der Waals surface area (Å²) in [4.78, 5) is 4.21. The first-order chi connectivity index (χ1) is 4.75. The molecule has 0 spiro atoms. The average Bonchev–Trinajstić information content (AvgIpc) is 1.88. The van der Waals surface area contributed by atoms with Crippen molar-refractivity contribution in [3.05, 3.63) is 0 Å². The van der Waals surface area contributed by atoms with Crippen LogP contribution in [0, 0.1) is 5.92 Å². The smallest absolute Gasteiger partial charge is 0.0650 e. The van der Waals surface area contributed by atoms with E-state index in [4.69, 9.17) is 5.73 Å². The Morgan fingerprint density at radius 2 is 2.50 bits per heavy atom. The number of rotatable bonds is 1. The van der Waals surface area contributed by atoms with Gasteiger partial charge in [0.2, 0.25) is 0 Å². The molecule has 0 aromatic carbocycles. The van der Waals surface area contributed by atoms with Crippen molar-refractivity contribution >= 4 is 5.71 Å². The molecule has 0 aliphatic carbocycles. The van der Waals surface area contributed by atoms with E-state index in [0.717, 1.165) is 18.7 Å². The minimum atomic E-state index is -0.262. The standard InChI is InChI=1S/C7H14N2O/c1-5-6(4-8)7(10)2-3-9-5/h6-7,10H,2-4,8H2,1H3. The molecular formula is C7H14N2O. The van der Waals surface area contributed by atoms with Crippen LogP contribution < -0.4 is 5.73 Å². The molecule has 0 aromatic rings.